The van der Waals surface area contributed by atoms with Crippen LogP contribution in [0, 0.1) is 6.92 Å². The van der Waals surface area contributed by atoms with Crippen molar-refractivity contribution in [3.63, 3.8) is 0 Å². The zero-order valence-electron chi connectivity index (χ0n) is 37.4. The van der Waals surface area contributed by atoms with E-state index in [-0.39, 0.29) is 49.9 Å². The number of piperazine rings is 1. The Morgan fingerprint density at radius 2 is 1.45 bits per heavy atom. The van der Waals surface area contributed by atoms with E-state index in [0.29, 0.717) is 45.5 Å². The van der Waals surface area contributed by atoms with Crippen LogP contribution in [0.1, 0.15) is 59.5 Å². The van der Waals surface area contributed by atoms with E-state index in [9.17, 15) is 21.6 Å². The molecule has 0 radical (unpaired) electrons. The van der Waals surface area contributed by atoms with Crippen molar-refractivity contribution in [1.82, 2.24) is 19.0 Å². The number of benzene rings is 4. The van der Waals surface area contributed by atoms with Gasteiger partial charge >= 0.3 is 6.18 Å². The predicted octanol–water partition coefficient (Wildman–Crippen LogP) is 5.10. The Balaban J connectivity index is 1.34. The Morgan fingerprint density at radius 1 is 0.812 bits per heavy atom. The maximum atomic E-state index is 15.2. The molecule has 0 spiro atoms. The highest BCUT2D eigenvalue weighted by atomic mass is 32.2. The summed E-state index contributed by atoms with van der Waals surface area (Å²) in [7, 11) is -5.28. The van der Waals surface area contributed by atoms with E-state index < -0.39 is 53.8 Å². The van der Waals surface area contributed by atoms with Crippen LogP contribution in [-0.2, 0) is 40.3 Å². The van der Waals surface area contributed by atoms with E-state index in [4.69, 9.17) is 18.6 Å². The molecular weight excluding hydrogens is 862 g/mol. The van der Waals surface area contributed by atoms with Gasteiger partial charge in [-0.2, -0.15) is 17.5 Å². The standard InChI is InChI=1S/C48H61F3N4O7SSi/c1-35-16-17-36(30-43(35)47(2,3)4)45(62-64(41-12-8-6-9-13-41)42-14-10-7-11-15-42)44-33-52(18-19-53-22-27-61-39(32-53)34-59-5)20-21-55(44)46(56)37-28-38(48(49,50)51)31-40(29-37)63(57,58)54-23-25-60-26-24-54/h6-17,28-31,39,44-45,64H,18-27,32-34H2,1-5H3/t39-,44+,45?/m0/s1. The predicted molar refractivity (Wildman–Crippen MR) is 243 cm³/mol. The molecule has 7 rings (SSSR count). The second kappa shape index (κ2) is 20.7. The van der Waals surface area contributed by atoms with Crippen molar-refractivity contribution in [3.8, 4) is 0 Å². The van der Waals surface area contributed by atoms with E-state index in [1.165, 1.54) is 0 Å². The van der Waals surface area contributed by atoms with Crippen LogP contribution in [0.2, 0.25) is 0 Å². The number of sulfonamides is 1. The van der Waals surface area contributed by atoms with Gasteiger partial charge in [0, 0.05) is 71.6 Å². The number of halogens is 3. The average Bonchev–Trinajstić information content (AvgIpc) is 3.29. The third-order valence-corrected chi connectivity index (χ3v) is 16.8. The van der Waals surface area contributed by atoms with E-state index in [1.54, 1.807) is 12.0 Å². The first kappa shape index (κ1) is 48.0. The van der Waals surface area contributed by atoms with Crippen molar-refractivity contribution in [2.75, 3.05) is 92.4 Å². The number of alkyl halides is 3. The summed E-state index contributed by atoms with van der Waals surface area (Å²) in [6, 6.07) is 28.2. The zero-order valence-corrected chi connectivity index (χ0v) is 39.4. The number of ether oxygens (including phenoxy) is 3. The Hall–Kier alpha value is -3.97. The molecule has 346 valence electrons. The number of carbonyl (C=O) groups excluding carboxylic acids is 1. The first-order chi connectivity index (χ1) is 30.5. The molecule has 0 N–H and O–H groups in total. The molecule has 3 saturated heterocycles. The maximum Gasteiger partial charge on any atom is 0.416 e. The summed E-state index contributed by atoms with van der Waals surface area (Å²) >= 11 is 0. The third kappa shape index (κ3) is 11.5. The lowest BCUT2D eigenvalue weighted by Crippen LogP contribution is -2.60. The van der Waals surface area contributed by atoms with Gasteiger partial charge in [-0.3, -0.25) is 14.6 Å². The van der Waals surface area contributed by atoms with Gasteiger partial charge in [-0.1, -0.05) is 99.6 Å². The molecule has 16 heteroatoms. The topological polar surface area (TPSA) is 101 Å². The van der Waals surface area contributed by atoms with E-state index >= 15 is 4.79 Å². The highest BCUT2D eigenvalue weighted by Crippen LogP contribution is 2.37. The molecule has 4 aromatic carbocycles. The lowest BCUT2D eigenvalue weighted by atomic mass is 9.82. The van der Waals surface area contributed by atoms with Crippen LogP contribution in [-0.4, -0.2) is 147 Å². The minimum atomic E-state index is -4.92. The molecule has 0 bridgehead atoms. The summed E-state index contributed by atoms with van der Waals surface area (Å²) in [6.07, 6.45) is -5.70. The van der Waals surface area contributed by atoms with Gasteiger partial charge in [0.1, 0.15) is 0 Å². The summed E-state index contributed by atoms with van der Waals surface area (Å²) in [5.74, 6) is -0.695. The number of aryl methyl sites for hydroxylation is 1. The monoisotopic (exact) mass is 922 g/mol. The number of hydrogen-bond donors (Lipinski definition) is 0. The highest BCUT2D eigenvalue weighted by molar-refractivity contribution is 7.89. The molecule has 1 unspecified atom stereocenters. The number of hydrogen-bond acceptors (Lipinski definition) is 9. The quantitative estimate of drug-likeness (QED) is 0.160. The van der Waals surface area contributed by atoms with E-state index in [0.717, 1.165) is 56.6 Å². The summed E-state index contributed by atoms with van der Waals surface area (Å²) in [5.41, 5.74) is 1.25. The lowest BCUT2D eigenvalue weighted by molar-refractivity contribution is -0.137. The average molecular weight is 923 g/mol. The molecule has 3 atom stereocenters. The number of methoxy groups -OCH3 is 1. The molecule has 3 aliphatic rings. The summed E-state index contributed by atoms with van der Waals surface area (Å²) in [5, 5.41) is 2.06. The largest absolute Gasteiger partial charge is 0.416 e. The molecule has 3 fully saturated rings. The molecule has 3 aliphatic heterocycles. The van der Waals surface area contributed by atoms with Crippen molar-refractivity contribution in [2.24, 2.45) is 0 Å². The van der Waals surface area contributed by atoms with E-state index in [2.05, 4.69) is 73.9 Å². The molecule has 0 aromatic heterocycles. The summed E-state index contributed by atoms with van der Waals surface area (Å²) in [6.45, 7) is 13.6. The van der Waals surface area contributed by atoms with Crippen molar-refractivity contribution >= 4 is 35.3 Å². The fraction of sp³-hybridized carbons (Fsp3) is 0.479. The maximum absolute atomic E-state index is 15.2. The van der Waals surface area contributed by atoms with Gasteiger partial charge in [0.05, 0.1) is 55.1 Å². The second-order valence-corrected chi connectivity index (χ2v) is 22.3. The SMILES string of the molecule is COC[C@@H]1CN(CCN2CCN(C(=O)c3cc(C(F)(F)F)cc(S(=O)(=O)N4CCOCC4)c3)[C@@H](C(O[SiH](c3ccccc3)c3ccccc3)c3ccc(C)c(C(C)(C)C)c3)C2)CCO1. The third-order valence-electron chi connectivity index (χ3n) is 12.4. The van der Waals surface area contributed by atoms with Gasteiger partial charge in [0.2, 0.25) is 19.1 Å². The number of nitrogens with zero attached hydrogens (tertiary/aromatic N) is 4. The molecule has 0 saturated carbocycles. The van der Waals surface area contributed by atoms with Gasteiger partial charge in [0.15, 0.2) is 0 Å². The van der Waals surface area contributed by atoms with Gasteiger partial charge in [-0.05, 0) is 57.6 Å². The summed E-state index contributed by atoms with van der Waals surface area (Å²) < 4.78 is 97.3. The Bertz CT molecular complexity index is 2250. The van der Waals surface area contributed by atoms with Crippen LogP contribution in [0.15, 0.2) is 102 Å². The van der Waals surface area contributed by atoms with Crippen LogP contribution < -0.4 is 10.4 Å². The van der Waals surface area contributed by atoms with Gasteiger partial charge in [-0.15, -0.1) is 0 Å². The van der Waals surface area contributed by atoms with Crippen molar-refractivity contribution in [3.05, 3.63) is 125 Å². The van der Waals surface area contributed by atoms with Crippen molar-refractivity contribution in [2.45, 2.75) is 62.4 Å². The first-order valence-corrected chi connectivity index (χ1v) is 25.1. The lowest BCUT2D eigenvalue weighted by Gasteiger charge is -2.46. The first-order valence-electron chi connectivity index (χ1n) is 22.1. The minimum absolute atomic E-state index is 0.0105. The Kier molecular flexibility index (Phi) is 15.5. The molecule has 4 aromatic rings. The minimum Gasteiger partial charge on any atom is -0.402 e. The van der Waals surface area contributed by atoms with Gasteiger partial charge in [-0.25, -0.2) is 8.42 Å². The molecule has 64 heavy (non-hydrogen) atoms. The number of morpholine rings is 2. The van der Waals surface area contributed by atoms with Crippen molar-refractivity contribution < 1.29 is 45.0 Å². The fourth-order valence-corrected chi connectivity index (χ4v) is 13.0. The molecule has 3 heterocycles. The highest BCUT2D eigenvalue weighted by Gasteiger charge is 2.42. The number of rotatable bonds is 14. The number of carbonyl (C=O) groups is 1. The summed E-state index contributed by atoms with van der Waals surface area (Å²) in [4.78, 5) is 20.9. The van der Waals surface area contributed by atoms with Crippen LogP contribution in [0.4, 0.5) is 13.2 Å². The van der Waals surface area contributed by atoms with Crippen LogP contribution in [0.5, 0.6) is 0 Å². The molecular formula is C48H61F3N4O7SSi. The van der Waals surface area contributed by atoms with Crippen LogP contribution in [0.25, 0.3) is 0 Å². The van der Waals surface area contributed by atoms with Crippen LogP contribution in [0.3, 0.4) is 0 Å². The molecule has 0 aliphatic carbocycles. The molecule has 11 nitrogen and oxygen atoms in total. The smallest absolute Gasteiger partial charge is 0.402 e. The Morgan fingerprint density at radius 3 is 2.06 bits per heavy atom. The van der Waals surface area contributed by atoms with Crippen molar-refractivity contribution in [1.29, 1.82) is 0 Å². The van der Waals surface area contributed by atoms with Gasteiger partial charge < -0.3 is 23.5 Å². The second-order valence-electron chi connectivity index (χ2n) is 18.0. The fourth-order valence-electron chi connectivity index (χ4n) is 9.04. The van der Waals surface area contributed by atoms with Crippen LogP contribution >= 0.6 is 0 Å². The molecule has 1 amide bonds. The Labute approximate surface area is 377 Å². The normalized spacial score (nSPS) is 20.4. The zero-order chi connectivity index (χ0) is 45.6. The van der Waals surface area contributed by atoms with E-state index in [1.807, 2.05) is 42.5 Å². The van der Waals surface area contributed by atoms with Gasteiger partial charge in [0.25, 0.3) is 5.91 Å². The number of amides is 1.